The highest BCUT2D eigenvalue weighted by molar-refractivity contribution is 6.03. The minimum Gasteiger partial charge on any atom is -0.352 e. The average Bonchev–Trinajstić information content (AvgIpc) is 2.95. The maximum atomic E-state index is 12.2. The number of nitrogens with one attached hydrogen (secondary N) is 3. The lowest BCUT2D eigenvalue weighted by molar-refractivity contribution is 0.102. The Hall–Kier alpha value is -3.35. The molecule has 0 saturated carbocycles. The molecule has 2 aromatic carbocycles. The first-order chi connectivity index (χ1) is 11.1. The summed E-state index contributed by atoms with van der Waals surface area (Å²) in [5, 5.41) is 5.21. The van der Waals surface area contributed by atoms with Gasteiger partial charge in [0, 0.05) is 12.1 Å². The van der Waals surface area contributed by atoms with Crippen molar-refractivity contribution in [3.8, 4) is 0 Å². The normalized spacial score (nSPS) is 10.4. The minimum absolute atomic E-state index is 0.265. The lowest BCUT2D eigenvalue weighted by atomic mass is 10.1. The molecular weight excluding hydrogens is 294 g/mol. The molecule has 0 radical (unpaired) electrons. The van der Waals surface area contributed by atoms with E-state index in [1.165, 1.54) is 0 Å². The Morgan fingerprint density at radius 1 is 1.09 bits per heavy atom. The quantitative estimate of drug-likeness (QED) is 0.591. The Morgan fingerprint density at radius 2 is 1.83 bits per heavy atom. The van der Waals surface area contributed by atoms with E-state index in [1.54, 1.807) is 24.3 Å². The second kappa shape index (κ2) is 6.18. The van der Waals surface area contributed by atoms with Gasteiger partial charge in [-0.25, -0.2) is 9.78 Å². The number of carbonyl (C=O) groups excluding carboxylic acids is 2. The van der Waals surface area contributed by atoms with Crippen molar-refractivity contribution >= 4 is 28.9 Å². The van der Waals surface area contributed by atoms with Gasteiger partial charge in [-0.15, -0.1) is 0 Å². The number of urea groups is 1. The molecule has 23 heavy (non-hydrogen) atoms. The molecule has 3 aromatic rings. The number of carbonyl (C=O) groups is 2. The Bertz CT molecular complexity index is 821. The maximum Gasteiger partial charge on any atom is 0.312 e. The first-order valence-corrected chi connectivity index (χ1v) is 7.00. The van der Waals surface area contributed by atoms with Gasteiger partial charge in [-0.1, -0.05) is 24.3 Å². The molecule has 0 unspecified atom stereocenters. The molecule has 3 amide bonds. The monoisotopic (exact) mass is 309 g/mol. The molecule has 0 atom stereocenters. The molecular formula is C16H15N5O2. The average molecular weight is 309 g/mol. The zero-order valence-electron chi connectivity index (χ0n) is 12.2. The van der Waals surface area contributed by atoms with Gasteiger partial charge in [0.25, 0.3) is 5.91 Å². The van der Waals surface area contributed by atoms with Gasteiger partial charge >= 0.3 is 6.03 Å². The second-order valence-electron chi connectivity index (χ2n) is 4.97. The van der Waals surface area contributed by atoms with Crippen molar-refractivity contribution < 1.29 is 9.59 Å². The van der Waals surface area contributed by atoms with Gasteiger partial charge in [0.05, 0.1) is 11.0 Å². The van der Waals surface area contributed by atoms with Crippen LogP contribution in [0.15, 0.2) is 48.5 Å². The van der Waals surface area contributed by atoms with Crippen molar-refractivity contribution in [2.24, 2.45) is 5.73 Å². The number of amides is 3. The molecule has 3 rings (SSSR count). The fraction of sp³-hybridized carbons (Fsp3) is 0.0625. The topological polar surface area (TPSA) is 113 Å². The molecule has 5 N–H and O–H groups in total. The standard InChI is InChI=1S/C16H15N5O2/c17-15(23)18-9-10-5-7-11(8-6-10)14(22)21-16-19-12-3-1-2-4-13(12)20-16/h1-8H,9H2,(H3,17,18,23)(H2,19,20,21,22). The lowest BCUT2D eigenvalue weighted by Crippen LogP contribution is -2.28. The van der Waals surface area contributed by atoms with Crippen molar-refractivity contribution in [3.05, 3.63) is 59.7 Å². The van der Waals surface area contributed by atoms with E-state index in [1.807, 2.05) is 24.3 Å². The molecule has 7 heteroatoms. The largest absolute Gasteiger partial charge is 0.352 e. The van der Waals surface area contributed by atoms with Crippen molar-refractivity contribution in [1.29, 1.82) is 0 Å². The number of H-pyrrole nitrogens is 1. The van der Waals surface area contributed by atoms with Gasteiger partial charge in [0.1, 0.15) is 0 Å². The van der Waals surface area contributed by atoms with Crippen LogP contribution in [-0.4, -0.2) is 21.9 Å². The summed E-state index contributed by atoms with van der Waals surface area (Å²) in [6.45, 7) is 0.320. The number of anilines is 1. The number of benzene rings is 2. The van der Waals surface area contributed by atoms with Crippen LogP contribution in [0.25, 0.3) is 11.0 Å². The Labute approximate surface area is 131 Å². The highest BCUT2D eigenvalue weighted by Crippen LogP contribution is 2.14. The van der Waals surface area contributed by atoms with Crippen molar-refractivity contribution in [2.75, 3.05) is 5.32 Å². The molecule has 1 heterocycles. The number of aromatic nitrogens is 2. The Kier molecular flexibility index (Phi) is 3.92. The summed E-state index contributed by atoms with van der Waals surface area (Å²) in [5.41, 5.74) is 8.00. The van der Waals surface area contributed by atoms with Crippen LogP contribution in [0.2, 0.25) is 0 Å². The Morgan fingerprint density at radius 3 is 2.52 bits per heavy atom. The second-order valence-corrected chi connectivity index (χ2v) is 4.97. The van der Waals surface area contributed by atoms with E-state index >= 15 is 0 Å². The summed E-state index contributed by atoms with van der Waals surface area (Å²) < 4.78 is 0. The lowest BCUT2D eigenvalue weighted by Gasteiger charge is -2.05. The predicted molar refractivity (Wildman–Crippen MR) is 86.9 cm³/mol. The minimum atomic E-state index is -0.586. The third-order valence-corrected chi connectivity index (χ3v) is 3.30. The summed E-state index contributed by atoms with van der Waals surface area (Å²) >= 11 is 0. The fourth-order valence-electron chi connectivity index (χ4n) is 2.15. The first-order valence-electron chi connectivity index (χ1n) is 7.00. The number of rotatable bonds is 4. The zero-order valence-corrected chi connectivity index (χ0v) is 12.2. The number of primary amides is 1. The summed E-state index contributed by atoms with van der Waals surface area (Å²) in [4.78, 5) is 30.2. The molecule has 0 aliphatic carbocycles. The van der Waals surface area contributed by atoms with Crippen LogP contribution >= 0.6 is 0 Å². The molecule has 7 nitrogen and oxygen atoms in total. The third-order valence-electron chi connectivity index (χ3n) is 3.30. The van der Waals surface area contributed by atoms with E-state index in [4.69, 9.17) is 5.73 Å². The molecule has 116 valence electrons. The smallest absolute Gasteiger partial charge is 0.312 e. The van der Waals surface area contributed by atoms with Gasteiger partial charge in [0.15, 0.2) is 0 Å². The highest BCUT2D eigenvalue weighted by Gasteiger charge is 2.09. The fourth-order valence-corrected chi connectivity index (χ4v) is 2.15. The number of hydrogen-bond acceptors (Lipinski definition) is 3. The zero-order chi connectivity index (χ0) is 16.2. The SMILES string of the molecule is NC(=O)NCc1ccc(C(=O)Nc2nc3ccccc3[nH]2)cc1. The molecule has 0 spiro atoms. The van der Waals surface area contributed by atoms with Crippen molar-refractivity contribution in [1.82, 2.24) is 15.3 Å². The Balaban J connectivity index is 1.69. The molecule has 0 bridgehead atoms. The van der Waals surface area contributed by atoms with E-state index < -0.39 is 6.03 Å². The number of aromatic amines is 1. The molecule has 1 aromatic heterocycles. The number of para-hydroxylation sites is 2. The third kappa shape index (κ3) is 3.46. The van der Waals surface area contributed by atoms with Crippen LogP contribution < -0.4 is 16.4 Å². The molecule has 0 fully saturated rings. The van der Waals surface area contributed by atoms with Crippen LogP contribution in [-0.2, 0) is 6.54 Å². The van der Waals surface area contributed by atoms with Crippen LogP contribution in [0.3, 0.4) is 0 Å². The van der Waals surface area contributed by atoms with Crippen molar-refractivity contribution in [3.63, 3.8) is 0 Å². The van der Waals surface area contributed by atoms with Crippen LogP contribution in [0.4, 0.5) is 10.7 Å². The van der Waals surface area contributed by atoms with Crippen LogP contribution in [0.5, 0.6) is 0 Å². The number of nitrogens with two attached hydrogens (primary N) is 1. The molecule has 0 saturated heterocycles. The number of fused-ring (bicyclic) bond motifs is 1. The maximum absolute atomic E-state index is 12.2. The number of hydrogen-bond donors (Lipinski definition) is 4. The molecule has 0 aliphatic heterocycles. The number of nitrogens with zero attached hydrogens (tertiary/aromatic N) is 1. The summed E-state index contributed by atoms with van der Waals surface area (Å²) in [5.74, 6) is 0.133. The van der Waals surface area contributed by atoms with E-state index in [0.29, 0.717) is 18.1 Å². The van der Waals surface area contributed by atoms with Crippen LogP contribution in [0, 0.1) is 0 Å². The van der Waals surface area contributed by atoms with Gasteiger partial charge in [-0.2, -0.15) is 0 Å². The van der Waals surface area contributed by atoms with E-state index in [2.05, 4.69) is 20.6 Å². The van der Waals surface area contributed by atoms with Gasteiger partial charge in [-0.3, -0.25) is 10.1 Å². The van der Waals surface area contributed by atoms with Gasteiger partial charge in [-0.05, 0) is 29.8 Å². The summed E-state index contributed by atoms with van der Waals surface area (Å²) in [7, 11) is 0. The van der Waals surface area contributed by atoms with Gasteiger partial charge in [0.2, 0.25) is 5.95 Å². The van der Waals surface area contributed by atoms with E-state index in [9.17, 15) is 9.59 Å². The highest BCUT2D eigenvalue weighted by atomic mass is 16.2. The van der Waals surface area contributed by atoms with Crippen molar-refractivity contribution in [2.45, 2.75) is 6.54 Å². The first kappa shape index (κ1) is 14.6. The number of imidazole rings is 1. The van der Waals surface area contributed by atoms with Crippen LogP contribution in [0.1, 0.15) is 15.9 Å². The molecule has 0 aliphatic rings. The van der Waals surface area contributed by atoms with E-state index in [0.717, 1.165) is 16.6 Å². The summed E-state index contributed by atoms with van der Waals surface area (Å²) in [6.07, 6.45) is 0. The summed E-state index contributed by atoms with van der Waals surface area (Å²) in [6, 6.07) is 13.8. The van der Waals surface area contributed by atoms with E-state index in [-0.39, 0.29) is 5.91 Å². The predicted octanol–water partition coefficient (Wildman–Crippen LogP) is 1.98. The van der Waals surface area contributed by atoms with Gasteiger partial charge < -0.3 is 16.0 Å².